The molecular weight excluding hydrogens is 350 g/mol. The summed E-state index contributed by atoms with van der Waals surface area (Å²) >= 11 is 0. The van der Waals surface area contributed by atoms with Crippen molar-refractivity contribution in [3.8, 4) is 0 Å². The van der Waals surface area contributed by atoms with Crippen LogP contribution in [-0.4, -0.2) is 36.5 Å². The number of amides is 3. The van der Waals surface area contributed by atoms with Crippen LogP contribution in [0.15, 0.2) is 47.3 Å². The predicted octanol–water partition coefficient (Wildman–Crippen LogP) is 2.15. The van der Waals surface area contributed by atoms with Gasteiger partial charge in [-0.1, -0.05) is 0 Å². The van der Waals surface area contributed by atoms with E-state index < -0.39 is 18.1 Å². The first-order valence-electron chi connectivity index (χ1n) is 8.69. The van der Waals surface area contributed by atoms with Gasteiger partial charge in [0, 0.05) is 18.0 Å². The summed E-state index contributed by atoms with van der Waals surface area (Å²) in [4.78, 5) is 36.2. The van der Waals surface area contributed by atoms with Gasteiger partial charge in [0.05, 0.1) is 11.8 Å². The predicted molar refractivity (Wildman–Crippen MR) is 98.3 cm³/mol. The molecule has 8 heteroatoms. The maximum absolute atomic E-state index is 12.2. The normalized spacial score (nSPS) is 17.1. The molecule has 0 bridgehead atoms. The van der Waals surface area contributed by atoms with Crippen molar-refractivity contribution >= 4 is 29.1 Å². The fourth-order valence-corrected chi connectivity index (χ4v) is 2.63. The topological polar surface area (TPSA) is 110 Å². The second-order valence-electron chi connectivity index (χ2n) is 6.26. The average Bonchev–Trinajstić information content (AvgIpc) is 3.37. The summed E-state index contributed by atoms with van der Waals surface area (Å²) < 4.78 is 10.2. The monoisotopic (exact) mass is 371 g/mol. The minimum atomic E-state index is -0.730. The summed E-state index contributed by atoms with van der Waals surface area (Å²) in [6.45, 7) is 2.20. The highest BCUT2D eigenvalue weighted by atomic mass is 16.5. The van der Waals surface area contributed by atoms with E-state index in [0.29, 0.717) is 23.5 Å². The number of furan rings is 1. The van der Waals surface area contributed by atoms with Crippen LogP contribution in [0, 0.1) is 0 Å². The third kappa shape index (κ3) is 4.95. The van der Waals surface area contributed by atoms with Crippen molar-refractivity contribution in [2.45, 2.75) is 31.9 Å². The highest BCUT2D eigenvalue weighted by molar-refractivity contribution is 6.01. The molecule has 1 aliphatic rings. The molecule has 2 atom stereocenters. The molecule has 3 N–H and O–H groups in total. The Labute approximate surface area is 156 Å². The van der Waals surface area contributed by atoms with Crippen molar-refractivity contribution < 1.29 is 23.5 Å². The van der Waals surface area contributed by atoms with E-state index in [2.05, 4.69) is 16.0 Å². The molecule has 142 valence electrons. The third-order valence-electron chi connectivity index (χ3n) is 4.17. The van der Waals surface area contributed by atoms with Gasteiger partial charge in [-0.05, 0) is 50.1 Å². The lowest BCUT2D eigenvalue weighted by Gasteiger charge is -2.14. The van der Waals surface area contributed by atoms with Gasteiger partial charge in [-0.2, -0.15) is 0 Å². The smallest absolute Gasteiger partial charge is 0.255 e. The molecule has 0 spiro atoms. The fraction of sp³-hybridized carbons (Fsp3) is 0.316. The maximum atomic E-state index is 12.2. The Morgan fingerprint density at radius 2 is 1.78 bits per heavy atom. The summed E-state index contributed by atoms with van der Waals surface area (Å²) in [6.07, 6.45) is 3.91. The molecule has 0 radical (unpaired) electrons. The molecule has 8 nitrogen and oxygen atoms in total. The van der Waals surface area contributed by atoms with Crippen molar-refractivity contribution in [2.75, 3.05) is 17.2 Å². The highest BCUT2D eigenvalue weighted by Crippen LogP contribution is 2.17. The summed E-state index contributed by atoms with van der Waals surface area (Å²) in [6, 6.07) is 7.52. The van der Waals surface area contributed by atoms with E-state index in [0.717, 1.165) is 12.8 Å². The molecule has 27 heavy (non-hydrogen) atoms. The molecule has 0 saturated carbocycles. The number of ether oxygens (including phenoxy) is 1. The standard InChI is InChI=1S/C19H21N3O5/c1-12(20-18(24)13-8-10-26-11-13)17(23)21-14-4-6-15(7-5-14)22-19(25)16-3-2-9-27-16/h4-8,10-12,16H,2-3,9H2,1H3,(H,20,24)(H,21,23)(H,22,25)/t12-,16-/m0/s1. The van der Waals surface area contributed by atoms with Gasteiger partial charge in [-0.3, -0.25) is 14.4 Å². The summed E-state index contributed by atoms with van der Waals surface area (Å²) in [5.74, 6) is -0.915. The first kappa shape index (κ1) is 18.7. The van der Waals surface area contributed by atoms with Crippen LogP contribution in [0.1, 0.15) is 30.1 Å². The van der Waals surface area contributed by atoms with Crippen molar-refractivity contribution in [1.29, 1.82) is 0 Å². The van der Waals surface area contributed by atoms with Crippen LogP contribution in [0.5, 0.6) is 0 Å². The molecule has 3 rings (SSSR count). The molecule has 3 amide bonds. The Kier molecular flexibility index (Phi) is 5.87. The van der Waals surface area contributed by atoms with Crippen LogP contribution in [-0.2, 0) is 14.3 Å². The van der Waals surface area contributed by atoms with Gasteiger partial charge in [0.15, 0.2) is 0 Å². The van der Waals surface area contributed by atoms with E-state index >= 15 is 0 Å². The van der Waals surface area contributed by atoms with Crippen LogP contribution in [0.2, 0.25) is 0 Å². The Bertz CT molecular complexity index is 795. The number of anilines is 2. The van der Waals surface area contributed by atoms with Crippen LogP contribution < -0.4 is 16.0 Å². The molecule has 2 aromatic rings. The van der Waals surface area contributed by atoms with Crippen molar-refractivity contribution in [2.24, 2.45) is 0 Å². The van der Waals surface area contributed by atoms with E-state index in [9.17, 15) is 14.4 Å². The van der Waals surface area contributed by atoms with Crippen molar-refractivity contribution in [1.82, 2.24) is 5.32 Å². The molecular formula is C19H21N3O5. The fourth-order valence-electron chi connectivity index (χ4n) is 2.63. The molecule has 1 saturated heterocycles. The van der Waals surface area contributed by atoms with Gasteiger partial charge >= 0.3 is 0 Å². The van der Waals surface area contributed by atoms with Gasteiger partial charge in [-0.15, -0.1) is 0 Å². The van der Waals surface area contributed by atoms with Gasteiger partial charge in [-0.25, -0.2) is 0 Å². The maximum Gasteiger partial charge on any atom is 0.255 e. The van der Waals surface area contributed by atoms with E-state index in [1.165, 1.54) is 18.6 Å². The minimum Gasteiger partial charge on any atom is -0.472 e. The SMILES string of the molecule is C[C@H](NC(=O)c1ccoc1)C(=O)Nc1ccc(NC(=O)[C@@H]2CCCO2)cc1. The lowest BCUT2D eigenvalue weighted by molar-refractivity contribution is -0.124. The number of nitrogens with one attached hydrogen (secondary N) is 3. The minimum absolute atomic E-state index is 0.167. The van der Waals surface area contributed by atoms with Gasteiger partial charge in [0.25, 0.3) is 11.8 Å². The molecule has 2 heterocycles. The average molecular weight is 371 g/mol. The molecule has 1 aromatic heterocycles. The largest absolute Gasteiger partial charge is 0.472 e. The van der Waals surface area contributed by atoms with E-state index in [4.69, 9.17) is 9.15 Å². The van der Waals surface area contributed by atoms with Crippen LogP contribution in [0.25, 0.3) is 0 Å². The Balaban J connectivity index is 1.50. The van der Waals surface area contributed by atoms with Gasteiger partial charge in [0.1, 0.15) is 18.4 Å². The number of benzene rings is 1. The lowest BCUT2D eigenvalue weighted by atomic mass is 10.2. The summed E-state index contributed by atoms with van der Waals surface area (Å²) in [5.41, 5.74) is 1.52. The van der Waals surface area contributed by atoms with Gasteiger partial charge < -0.3 is 25.1 Å². The Hall–Kier alpha value is -3.13. The molecule has 0 unspecified atom stereocenters. The lowest BCUT2D eigenvalue weighted by Crippen LogP contribution is -2.41. The quantitative estimate of drug-likeness (QED) is 0.721. The number of carbonyl (C=O) groups is 3. The Morgan fingerprint density at radius 3 is 2.37 bits per heavy atom. The zero-order valence-electron chi connectivity index (χ0n) is 14.9. The molecule has 0 aliphatic carbocycles. The van der Waals surface area contributed by atoms with Gasteiger partial charge in [0.2, 0.25) is 5.91 Å². The number of hydrogen-bond acceptors (Lipinski definition) is 5. The summed E-state index contributed by atoms with van der Waals surface area (Å²) in [7, 11) is 0. The van der Waals surface area contributed by atoms with Crippen LogP contribution in [0.3, 0.4) is 0 Å². The van der Waals surface area contributed by atoms with Crippen molar-refractivity contribution in [3.63, 3.8) is 0 Å². The molecule has 1 fully saturated rings. The zero-order valence-corrected chi connectivity index (χ0v) is 14.9. The first-order valence-corrected chi connectivity index (χ1v) is 8.69. The van der Waals surface area contributed by atoms with E-state index in [1.807, 2.05) is 0 Å². The van der Waals surface area contributed by atoms with Crippen LogP contribution in [0.4, 0.5) is 11.4 Å². The first-order chi connectivity index (χ1) is 13.0. The number of carbonyl (C=O) groups excluding carboxylic acids is 3. The summed E-state index contributed by atoms with van der Waals surface area (Å²) in [5, 5.41) is 8.09. The van der Waals surface area contributed by atoms with Crippen LogP contribution >= 0.6 is 0 Å². The molecule has 1 aliphatic heterocycles. The highest BCUT2D eigenvalue weighted by Gasteiger charge is 2.23. The Morgan fingerprint density at radius 1 is 1.07 bits per heavy atom. The molecule has 1 aromatic carbocycles. The second-order valence-corrected chi connectivity index (χ2v) is 6.26. The number of rotatable bonds is 6. The number of hydrogen-bond donors (Lipinski definition) is 3. The van der Waals surface area contributed by atoms with Crippen molar-refractivity contribution in [3.05, 3.63) is 48.4 Å². The third-order valence-corrected chi connectivity index (χ3v) is 4.17. The second kappa shape index (κ2) is 8.50. The van der Waals surface area contributed by atoms with E-state index in [-0.39, 0.29) is 11.8 Å². The van der Waals surface area contributed by atoms with E-state index in [1.54, 1.807) is 31.2 Å². The zero-order chi connectivity index (χ0) is 19.2.